The van der Waals surface area contributed by atoms with Crippen LogP contribution < -0.4 is 16.4 Å². The highest BCUT2D eigenvalue weighted by molar-refractivity contribution is 5.88. The summed E-state index contributed by atoms with van der Waals surface area (Å²) in [6, 6.07) is -1.30. The highest BCUT2D eigenvalue weighted by atomic mass is 16.5. The standard InChI is InChI=1S/C11H19N3O5/c12-9(15)5-8(11(17)18)14-10(16)6-19-7-1-3-13-4-2-7/h7-8,13H,1-6H2,(H2,12,15)(H,14,16)(H,17,18)/t8-/m0/s1. The van der Waals surface area contributed by atoms with Gasteiger partial charge < -0.3 is 26.2 Å². The molecule has 0 aromatic carbocycles. The van der Waals surface area contributed by atoms with Gasteiger partial charge in [0, 0.05) is 0 Å². The van der Waals surface area contributed by atoms with Crippen LogP contribution in [0.3, 0.4) is 0 Å². The molecular formula is C11H19N3O5. The van der Waals surface area contributed by atoms with Crippen LogP contribution in [-0.2, 0) is 19.1 Å². The summed E-state index contributed by atoms with van der Waals surface area (Å²) in [6.07, 6.45) is 1.20. The maximum absolute atomic E-state index is 11.5. The molecule has 1 atom stereocenters. The summed E-state index contributed by atoms with van der Waals surface area (Å²) >= 11 is 0. The number of carboxylic acids is 1. The van der Waals surface area contributed by atoms with E-state index >= 15 is 0 Å². The predicted molar refractivity (Wildman–Crippen MR) is 65.2 cm³/mol. The lowest BCUT2D eigenvalue weighted by Gasteiger charge is -2.23. The average molecular weight is 273 g/mol. The van der Waals surface area contributed by atoms with Gasteiger partial charge in [-0.05, 0) is 25.9 Å². The second kappa shape index (κ2) is 7.70. The Labute approximate surface area is 110 Å². The van der Waals surface area contributed by atoms with Crippen LogP contribution in [0.15, 0.2) is 0 Å². The van der Waals surface area contributed by atoms with Crippen LogP contribution in [0.1, 0.15) is 19.3 Å². The predicted octanol–water partition coefficient (Wildman–Crippen LogP) is -1.80. The Morgan fingerprint density at radius 1 is 1.37 bits per heavy atom. The van der Waals surface area contributed by atoms with Crippen molar-refractivity contribution in [1.82, 2.24) is 10.6 Å². The van der Waals surface area contributed by atoms with E-state index in [0.29, 0.717) is 0 Å². The van der Waals surface area contributed by atoms with Gasteiger partial charge in [0.15, 0.2) is 0 Å². The molecule has 0 aromatic rings. The van der Waals surface area contributed by atoms with E-state index in [1.54, 1.807) is 0 Å². The molecule has 8 heteroatoms. The molecule has 19 heavy (non-hydrogen) atoms. The molecular weight excluding hydrogens is 254 g/mol. The molecule has 0 saturated carbocycles. The Bertz CT molecular complexity index is 341. The third kappa shape index (κ3) is 6.16. The molecule has 0 unspecified atom stereocenters. The van der Waals surface area contributed by atoms with E-state index < -0.39 is 30.2 Å². The fourth-order valence-corrected chi connectivity index (χ4v) is 1.79. The van der Waals surface area contributed by atoms with Crippen LogP contribution in [0.2, 0.25) is 0 Å². The number of aliphatic carboxylic acids is 1. The number of carbonyl (C=O) groups is 3. The molecule has 2 amide bonds. The fraction of sp³-hybridized carbons (Fsp3) is 0.727. The summed E-state index contributed by atoms with van der Waals surface area (Å²) in [5.41, 5.74) is 4.91. The first-order valence-electron chi connectivity index (χ1n) is 6.12. The van der Waals surface area contributed by atoms with Gasteiger partial charge in [0.25, 0.3) is 0 Å². The summed E-state index contributed by atoms with van der Waals surface area (Å²) in [6.45, 7) is 1.46. The van der Waals surface area contributed by atoms with Crippen LogP contribution >= 0.6 is 0 Å². The number of piperidine rings is 1. The van der Waals surface area contributed by atoms with E-state index in [-0.39, 0.29) is 12.7 Å². The molecule has 0 radical (unpaired) electrons. The van der Waals surface area contributed by atoms with Crippen molar-refractivity contribution in [1.29, 1.82) is 0 Å². The smallest absolute Gasteiger partial charge is 0.326 e. The quantitative estimate of drug-likeness (QED) is 0.433. The van der Waals surface area contributed by atoms with Crippen molar-refractivity contribution >= 4 is 17.8 Å². The normalized spacial score (nSPS) is 17.7. The van der Waals surface area contributed by atoms with Crippen LogP contribution in [0, 0.1) is 0 Å². The Kier molecular flexibility index (Phi) is 6.23. The van der Waals surface area contributed by atoms with E-state index in [1.807, 2.05) is 0 Å². The minimum atomic E-state index is -1.30. The topological polar surface area (TPSA) is 131 Å². The number of carboxylic acid groups (broad SMARTS) is 1. The Hall–Kier alpha value is -1.67. The van der Waals surface area contributed by atoms with E-state index in [9.17, 15) is 14.4 Å². The van der Waals surface area contributed by atoms with Crippen LogP contribution in [0.5, 0.6) is 0 Å². The van der Waals surface area contributed by atoms with Gasteiger partial charge in [-0.1, -0.05) is 0 Å². The van der Waals surface area contributed by atoms with Gasteiger partial charge in [0.05, 0.1) is 12.5 Å². The minimum absolute atomic E-state index is 0.00594. The van der Waals surface area contributed by atoms with Crippen LogP contribution in [-0.4, -0.2) is 54.7 Å². The van der Waals surface area contributed by atoms with Gasteiger partial charge in [-0.2, -0.15) is 0 Å². The van der Waals surface area contributed by atoms with Gasteiger partial charge in [-0.15, -0.1) is 0 Å². The Morgan fingerprint density at radius 3 is 2.53 bits per heavy atom. The first kappa shape index (κ1) is 15.4. The fourth-order valence-electron chi connectivity index (χ4n) is 1.79. The maximum atomic E-state index is 11.5. The van der Waals surface area contributed by atoms with Crippen molar-refractivity contribution in [3.8, 4) is 0 Å². The number of carbonyl (C=O) groups excluding carboxylic acids is 2. The SMILES string of the molecule is NC(=O)C[C@H](NC(=O)COC1CCNCC1)C(=O)O. The lowest BCUT2D eigenvalue weighted by atomic mass is 10.1. The number of ether oxygens (including phenoxy) is 1. The minimum Gasteiger partial charge on any atom is -0.480 e. The van der Waals surface area contributed by atoms with E-state index in [0.717, 1.165) is 25.9 Å². The summed E-state index contributed by atoms with van der Waals surface area (Å²) in [4.78, 5) is 33.0. The van der Waals surface area contributed by atoms with Gasteiger partial charge >= 0.3 is 5.97 Å². The zero-order valence-electron chi connectivity index (χ0n) is 10.6. The molecule has 0 spiro atoms. The van der Waals surface area contributed by atoms with Gasteiger partial charge in [0.1, 0.15) is 12.6 Å². The van der Waals surface area contributed by atoms with Crippen molar-refractivity contribution in [3.05, 3.63) is 0 Å². The molecule has 5 N–H and O–H groups in total. The zero-order valence-corrected chi connectivity index (χ0v) is 10.6. The summed E-state index contributed by atoms with van der Waals surface area (Å²) < 4.78 is 5.37. The van der Waals surface area contributed by atoms with E-state index in [4.69, 9.17) is 15.6 Å². The van der Waals surface area contributed by atoms with E-state index in [2.05, 4.69) is 10.6 Å². The highest BCUT2D eigenvalue weighted by Gasteiger charge is 2.23. The molecule has 8 nitrogen and oxygen atoms in total. The molecule has 1 fully saturated rings. The van der Waals surface area contributed by atoms with Crippen molar-refractivity contribution in [2.75, 3.05) is 19.7 Å². The monoisotopic (exact) mass is 273 g/mol. The van der Waals surface area contributed by atoms with Crippen LogP contribution in [0.4, 0.5) is 0 Å². The third-order valence-electron chi connectivity index (χ3n) is 2.77. The molecule has 1 saturated heterocycles. The molecule has 1 aliphatic heterocycles. The van der Waals surface area contributed by atoms with Crippen molar-refractivity contribution in [2.24, 2.45) is 5.73 Å². The lowest BCUT2D eigenvalue weighted by Crippen LogP contribution is -2.45. The number of hydrogen-bond donors (Lipinski definition) is 4. The third-order valence-corrected chi connectivity index (χ3v) is 2.77. The summed E-state index contributed by atoms with van der Waals surface area (Å²) in [5, 5.41) is 14.2. The van der Waals surface area contributed by atoms with Gasteiger partial charge in [-0.25, -0.2) is 4.79 Å². The lowest BCUT2D eigenvalue weighted by molar-refractivity contribution is -0.144. The average Bonchev–Trinajstić information content (AvgIpc) is 2.36. The van der Waals surface area contributed by atoms with E-state index in [1.165, 1.54) is 0 Å². The first-order valence-corrected chi connectivity index (χ1v) is 6.12. The number of nitrogens with two attached hydrogens (primary N) is 1. The van der Waals surface area contributed by atoms with Crippen molar-refractivity contribution in [2.45, 2.75) is 31.4 Å². The zero-order chi connectivity index (χ0) is 14.3. The molecule has 0 bridgehead atoms. The van der Waals surface area contributed by atoms with Crippen molar-refractivity contribution in [3.63, 3.8) is 0 Å². The van der Waals surface area contributed by atoms with Gasteiger partial charge in [-0.3, -0.25) is 9.59 Å². The van der Waals surface area contributed by atoms with Gasteiger partial charge in [0.2, 0.25) is 11.8 Å². The number of hydrogen-bond acceptors (Lipinski definition) is 5. The number of amides is 2. The second-order valence-corrected chi connectivity index (χ2v) is 4.39. The molecule has 1 aliphatic rings. The Balaban J connectivity index is 2.31. The second-order valence-electron chi connectivity index (χ2n) is 4.39. The molecule has 0 aromatic heterocycles. The van der Waals surface area contributed by atoms with Crippen LogP contribution in [0.25, 0.3) is 0 Å². The molecule has 108 valence electrons. The molecule has 0 aliphatic carbocycles. The summed E-state index contributed by atoms with van der Waals surface area (Å²) in [7, 11) is 0. The van der Waals surface area contributed by atoms with Crippen molar-refractivity contribution < 1.29 is 24.2 Å². The maximum Gasteiger partial charge on any atom is 0.326 e. The number of primary amides is 1. The molecule has 1 rings (SSSR count). The number of nitrogens with one attached hydrogen (secondary N) is 2. The highest BCUT2D eigenvalue weighted by Crippen LogP contribution is 2.06. The summed E-state index contributed by atoms with van der Waals surface area (Å²) in [5.74, 6) is -2.65. The number of rotatable bonds is 7. The largest absolute Gasteiger partial charge is 0.480 e. The first-order chi connectivity index (χ1) is 8.99. The molecule has 1 heterocycles. The Morgan fingerprint density at radius 2 is 2.00 bits per heavy atom.